The lowest BCUT2D eigenvalue weighted by atomic mass is 10.1. The quantitative estimate of drug-likeness (QED) is 0.547. The van der Waals surface area contributed by atoms with E-state index in [-0.39, 0.29) is 25.0 Å². The minimum atomic E-state index is -1.44. The maximum Gasteiger partial charge on any atom is 0.408 e. The first kappa shape index (κ1) is 25.7. The highest BCUT2D eigenvalue weighted by molar-refractivity contribution is 5.98. The summed E-state index contributed by atoms with van der Waals surface area (Å²) in [7, 11) is 0. The Bertz CT molecular complexity index is 1080. The Kier molecular flexibility index (Phi) is 8.08. The molecule has 0 fully saturated rings. The zero-order valence-corrected chi connectivity index (χ0v) is 19.7. The van der Waals surface area contributed by atoms with Crippen molar-refractivity contribution in [3.05, 3.63) is 71.3 Å². The number of ether oxygens (including phenoxy) is 2. The molecule has 0 radical (unpaired) electrons. The van der Waals surface area contributed by atoms with Gasteiger partial charge < -0.3 is 24.7 Å². The van der Waals surface area contributed by atoms with Gasteiger partial charge in [0.2, 0.25) is 0 Å². The Hall–Kier alpha value is -3.92. The van der Waals surface area contributed by atoms with E-state index in [4.69, 9.17) is 14.3 Å². The van der Waals surface area contributed by atoms with E-state index < -0.39 is 41.8 Å². The molecule has 0 saturated carbocycles. The Morgan fingerprint density at radius 1 is 1.06 bits per heavy atom. The lowest BCUT2D eigenvalue weighted by Crippen LogP contribution is -2.44. The van der Waals surface area contributed by atoms with Crippen LogP contribution >= 0.6 is 0 Å². The fourth-order valence-electron chi connectivity index (χ4n) is 3.31. The van der Waals surface area contributed by atoms with Crippen LogP contribution in [0.3, 0.4) is 0 Å². The molecule has 186 valence electrons. The number of rotatable bonds is 8. The Morgan fingerprint density at radius 3 is 2.37 bits per heavy atom. The first-order valence-corrected chi connectivity index (χ1v) is 11.1. The van der Waals surface area contributed by atoms with Gasteiger partial charge in [-0.3, -0.25) is 4.79 Å². The zero-order chi connectivity index (χ0) is 25.6. The summed E-state index contributed by atoms with van der Waals surface area (Å²) >= 11 is 0. The highest BCUT2D eigenvalue weighted by atomic mass is 16.7. The van der Waals surface area contributed by atoms with Gasteiger partial charge in [-0.05, 0) is 38.8 Å². The van der Waals surface area contributed by atoms with E-state index in [1.165, 1.54) is 6.07 Å². The van der Waals surface area contributed by atoms with Crippen molar-refractivity contribution in [1.82, 2.24) is 10.4 Å². The fourth-order valence-corrected chi connectivity index (χ4v) is 3.31. The molecular weight excluding hydrogens is 456 g/mol. The first-order valence-electron chi connectivity index (χ1n) is 11.1. The number of fused-ring (bicyclic) bond motifs is 1. The Labute approximate surface area is 202 Å². The summed E-state index contributed by atoms with van der Waals surface area (Å²) < 4.78 is 10.5. The van der Waals surface area contributed by atoms with Crippen LogP contribution in [-0.4, -0.2) is 45.8 Å². The number of nitrogens with zero attached hydrogens (tertiary/aromatic N) is 1. The Morgan fingerprint density at radius 2 is 1.71 bits per heavy atom. The lowest BCUT2D eigenvalue weighted by molar-refractivity contribution is -0.208. The third-order valence-electron chi connectivity index (χ3n) is 4.93. The monoisotopic (exact) mass is 484 g/mol. The third-order valence-corrected chi connectivity index (χ3v) is 4.93. The van der Waals surface area contributed by atoms with Crippen LogP contribution < -0.4 is 5.32 Å². The Balaban J connectivity index is 1.60. The molecule has 1 heterocycles. The molecule has 2 aromatic carbocycles. The normalized spacial score (nSPS) is 15.7. The van der Waals surface area contributed by atoms with Crippen molar-refractivity contribution in [2.45, 2.75) is 58.1 Å². The molecule has 0 spiro atoms. The van der Waals surface area contributed by atoms with Gasteiger partial charge in [0, 0.05) is 5.56 Å². The summed E-state index contributed by atoms with van der Waals surface area (Å²) in [6.45, 7) is 4.98. The number of benzene rings is 2. The molecule has 10 nitrogen and oxygen atoms in total. The maximum atomic E-state index is 12.7. The van der Waals surface area contributed by atoms with Crippen molar-refractivity contribution < 1.29 is 38.6 Å². The summed E-state index contributed by atoms with van der Waals surface area (Å²) in [4.78, 5) is 54.8. The molecule has 1 aliphatic heterocycles. The van der Waals surface area contributed by atoms with Crippen LogP contribution in [-0.2, 0) is 30.5 Å². The largest absolute Gasteiger partial charge is 0.459 e. The van der Waals surface area contributed by atoms with E-state index in [0.717, 1.165) is 5.56 Å². The van der Waals surface area contributed by atoms with E-state index in [1.54, 1.807) is 63.2 Å². The van der Waals surface area contributed by atoms with Gasteiger partial charge in [0.1, 0.15) is 18.2 Å². The topological polar surface area (TPSA) is 131 Å². The molecule has 0 aliphatic carbocycles. The number of hydrogen-bond donors (Lipinski definition) is 2. The van der Waals surface area contributed by atoms with Gasteiger partial charge in [-0.1, -0.05) is 48.5 Å². The number of aliphatic hydroxyl groups is 1. The average molecular weight is 485 g/mol. The highest BCUT2D eigenvalue weighted by Gasteiger charge is 2.38. The summed E-state index contributed by atoms with van der Waals surface area (Å²) in [5.74, 6) is -2.30. The zero-order valence-electron chi connectivity index (χ0n) is 19.7. The average Bonchev–Trinajstić information content (AvgIpc) is 3.04. The van der Waals surface area contributed by atoms with Crippen LogP contribution in [0.25, 0.3) is 0 Å². The van der Waals surface area contributed by atoms with E-state index in [9.17, 15) is 24.3 Å². The van der Waals surface area contributed by atoms with Crippen molar-refractivity contribution in [2.24, 2.45) is 0 Å². The second-order valence-corrected chi connectivity index (χ2v) is 8.89. The van der Waals surface area contributed by atoms with Gasteiger partial charge in [0.05, 0.1) is 12.0 Å². The third kappa shape index (κ3) is 7.03. The molecule has 0 aromatic heterocycles. The maximum absolute atomic E-state index is 12.7. The fraction of sp³-hybridized carbons (Fsp3) is 0.360. The summed E-state index contributed by atoms with van der Waals surface area (Å²) in [6, 6.07) is 14.1. The number of amides is 2. The van der Waals surface area contributed by atoms with Crippen molar-refractivity contribution in [3.8, 4) is 0 Å². The van der Waals surface area contributed by atoms with Crippen LogP contribution in [0.5, 0.6) is 0 Å². The second kappa shape index (κ2) is 11.0. The minimum absolute atomic E-state index is 0.0245. The molecular formula is C25H28N2O8. The number of hydrogen-bond acceptors (Lipinski definition) is 8. The van der Waals surface area contributed by atoms with Gasteiger partial charge in [0.25, 0.3) is 5.91 Å². The molecule has 0 bridgehead atoms. The van der Waals surface area contributed by atoms with Crippen molar-refractivity contribution in [1.29, 1.82) is 0 Å². The number of alkyl carbamates (subject to hydrolysis) is 1. The van der Waals surface area contributed by atoms with Gasteiger partial charge in [-0.2, -0.15) is 0 Å². The van der Waals surface area contributed by atoms with Crippen LogP contribution in [0.4, 0.5) is 4.79 Å². The minimum Gasteiger partial charge on any atom is -0.459 e. The summed E-state index contributed by atoms with van der Waals surface area (Å²) in [5.41, 5.74) is 0.487. The number of nitrogens with one attached hydrogen (secondary N) is 1. The summed E-state index contributed by atoms with van der Waals surface area (Å²) in [6.07, 6.45) is -2.83. The number of esters is 1. The number of hydroxylamine groups is 2. The van der Waals surface area contributed by atoms with Crippen LogP contribution in [0, 0.1) is 0 Å². The molecule has 2 atom stereocenters. The smallest absolute Gasteiger partial charge is 0.408 e. The molecule has 1 aliphatic rings. The summed E-state index contributed by atoms with van der Waals surface area (Å²) in [5, 5.41) is 13.3. The van der Waals surface area contributed by atoms with E-state index in [0.29, 0.717) is 10.6 Å². The van der Waals surface area contributed by atoms with Gasteiger partial charge in [-0.15, -0.1) is 5.06 Å². The predicted molar refractivity (Wildman–Crippen MR) is 122 cm³/mol. The molecule has 35 heavy (non-hydrogen) atoms. The van der Waals surface area contributed by atoms with Crippen LogP contribution in [0.15, 0.2) is 54.6 Å². The second-order valence-electron chi connectivity index (χ2n) is 8.89. The standard InChI is InChI=1S/C25H28N2O8/c1-25(2,3)34-24(32)26-19(23(31)33-15-16-9-5-4-6-10-16)13-14-20(28)35-27-21(29)17-11-7-8-12-18(17)22(27)30/h4-12,19,21,29H,13-15H2,1-3H3,(H,26,32)/t19-,21?/m0/s1. The van der Waals surface area contributed by atoms with E-state index >= 15 is 0 Å². The highest BCUT2D eigenvalue weighted by Crippen LogP contribution is 2.31. The van der Waals surface area contributed by atoms with Crippen LogP contribution in [0.2, 0.25) is 0 Å². The SMILES string of the molecule is CC(C)(C)OC(=O)N[C@@H](CCC(=O)ON1C(=O)c2ccccc2C1O)C(=O)OCc1ccccc1. The van der Waals surface area contributed by atoms with E-state index in [1.807, 2.05) is 6.07 Å². The molecule has 2 N–H and O–H groups in total. The van der Waals surface area contributed by atoms with Crippen molar-refractivity contribution >= 4 is 23.9 Å². The van der Waals surface area contributed by atoms with Gasteiger partial charge in [-0.25, -0.2) is 14.4 Å². The predicted octanol–water partition coefficient (Wildman–Crippen LogP) is 3.01. The molecule has 10 heteroatoms. The number of carbonyl (C=O) groups is 4. The number of carbonyl (C=O) groups excluding carboxylic acids is 4. The first-order chi connectivity index (χ1) is 16.5. The van der Waals surface area contributed by atoms with Gasteiger partial charge >= 0.3 is 18.0 Å². The van der Waals surface area contributed by atoms with Crippen LogP contribution in [0.1, 0.15) is 61.3 Å². The molecule has 2 aromatic rings. The number of aliphatic hydroxyl groups excluding tert-OH is 1. The molecule has 2 amide bonds. The van der Waals surface area contributed by atoms with E-state index in [2.05, 4.69) is 5.32 Å². The van der Waals surface area contributed by atoms with Crippen molar-refractivity contribution in [2.75, 3.05) is 0 Å². The molecule has 1 unspecified atom stereocenters. The molecule has 0 saturated heterocycles. The molecule has 3 rings (SSSR count). The van der Waals surface area contributed by atoms with Crippen molar-refractivity contribution in [3.63, 3.8) is 0 Å². The van der Waals surface area contributed by atoms with Gasteiger partial charge in [0.15, 0.2) is 6.23 Å². The lowest BCUT2D eigenvalue weighted by Gasteiger charge is -2.23.